The molecule has 1 fully saturated rings. The fourth-order valence-corrected chi connectivity index (χ4v) is 4.55. The predicted octanol–water partition coefficient (Wildman–Crippen LogP) is 1.94. The van der Waals surface area contributed by atoms with Crippen LogP contribution in [0.1, 0.15) is 49.9 Å². The maximum absolute atomic E-state index is 12.4. The van der Waals surface area contributed by atoms with Gasteiger partial charge in [0.2, 0.25) is 10.0 Å². The van der Waals surface area contributed by atoms with Crippen molar-refractivity contribution in [2.24, 2.45) is 0 Å². The third-order valence-corrected chi connectivity index (χ3v) is 6.25. The molecule has 1 aromatic rings. The van der Waals surface area contributed by atoms with Crippen molar-refractivity contribution in [1.82, 2.24) is 9.62 Å². The van der Waals surface area contributed by atoms with Crippen LogP contribution in [-0.2, 0) is 14.8 Å². The lowest BCUT2D eigenvalue weighted by atomic mass is 10.1. The second-order valence-electron chi connectivity index (χ2n) is 6.44. The Labute approximate surface area is 154 Å². The van der Waals surface area contributed by atoms with Gasteiger partial charge in [-0.25, -0.2) is 12.7 Å². The number of benzene rings is 1. The Morgan fingerprint density at radius 3 is 2.58 bits per heavy atom. The molecule has 0 aromatic heterocycles. The van der Waals surface area contributed by atoms with E-state index in [1.54, 1.807) is 18.2 Å². The lowest BCUT2D eigenvalue weighted by Crippen LogP contribution is -2.47. The summed E-state index contributed by atoms with van der Waals surface area (Å²) in [6.45, 7) is 4.11. The minimum absolute atomic E-state index is 0.0718. The van der Waals surface area contributed by atoms with E-state index < -0.39 is 16.0 Å². The van der Waals surface area contributed by atoms with Crippen LogP contribution in [0.4, 0.5) is 0 Å². The first kappa shape index (κ1) is 20.4. The number of amides is 1. The Morgan fingerprint density at radius 1 is 1.27 bits per heavy atom. The summed E-state index contributed by atoms with van der Waals surface area (Å²) >= 11 is 0. The lowest BCUT2D eigenvalue weighted by Gasteiger charge is -2.31. The number of ether oxygens (including phenoxy) is 1. The van der Waals surface area contributed by atoms with Crippen LogP contribution < -0.4 is 10.1 Å². The molecule has 0 atom stereocenters. The summed E-state index contributed by atoms with van der Waals surface area (Å²) in [5.41, 5.74) is 0.404. The van der Waals surface area contributed by atoms with Crippen molar-refractivity contribution < 1.29 is 22.7 Å². The normalized spacial score (nSPS) is 16.2. The summed E-state index contributed by atoms with van der Waals surface area (Å²) in [4.78, 5) is 23.4. The summed E-state index contributed by atoms with van der Waals surface area (Å²) in [6.07, 6.45) is 2.68. The molecule has 1 saturated heterocycles. The molecule has 8 heteroatoms. The van der Waals surface area contributed by atoms with E-state index in [2.05, 4.69) is 5.32 Å². The zero-order chi connectivity index (χ0) is 19.2. The summed E-state index contributed by atoms with van der Waals surface area (Å²) in [5, 5.41) is 2.93. The predicted molar refractivity (Wildman–Crippen MR) is 98.5 cm³/mol. The Balaban J connectivity index is 1.89. The van der Waals surface area contributed by atoms with Gasteiger partial charge in [-0.3, -0.25) is 9.59 Å². The van der Waals surface area contributed by atoms with Crippen molar-refractivity contribution in [1.29, 1.82) is 0 Å². The molecule has 26 heavy (non-hydrogen) atoms. The number of rotatable bonds is 7. The highest BCUT2D eigenvalue weighted by Crippen LogP contribution is 2.17. The standard InChI is InChI=1S/C18H26N2O5S/c1-3-4-12-26(23,24)20-10-8-16(9-11-20)19-18(22)15-6-5-7-17(13-15)25-14(2)21/h5-7,13,16H,3-4,8-12H2,1-2H3,(H,19,22). The van der Waals surface area contributed by atoms with E-state index in [4.69, 9.17) is 4.74 Å². The molecule has 0 saturated carbocycles. The number of carbonyl (C=O) groups is 2. The van der Waals surface area contributed by atoms with E-state index in [1.807, 2.05) is 6.92 Å². The van der Waals surface area contributed by atoms with Gasteiger partial charge in [0.1, 0.15) is 5.75 Å². The maximum atomic E-state index is 12.4. The van der Waals surface area contributed by atoms with Crippen molar-refractivity contribution in [2.45, 2.75) is 45.6 Å². The Morgan fingerprint density at radius 2 is 1.96 bits per heavy atom. The molecule has 1 aliphatic heterocycles. The SMILES string of the molecule is CCCCS(=O)(=O)N1CCC(NC(=O)c2cccc(OC(C)=O)c2)CC1. The van der Waals surface area contributed by atoms with Gasteiger partial charge in [-0.05, 0) is 37.5 Å². The third-order valence-electron chi connectivity index (χ3n) is 4.30. The first-order chi connectivity index (χ1) is 12.3. The monoisotopic (exact) mass is 382 g/mol. The van der Waals surface area contributed by atoms with Gasteiger partial charge < -0.3 is 10.1 Å². The number of hydrogen-bond donors (Lipinski definition) is 1. The highest BCUT2D eigenvalue weighted by atomic mass is 32.2. The maximum Gasteiger partial charge on any atom is 0.308 e. The van der Waals surface area contributed by atoms with Crippen LogP contribution in [-0.4, -0.2) is 49.5 Å². The van der Waals surface area contributed by atoms with Gasteiger partial charge in [0.15, 0.2) is 0 Å². The van der Waals surface area contributed by atoms with Crippen LogP contribution in [0.15, 0.2) is 24.3 Å². The van der Waals surface area contributed by atoms with Crippen LogP contribution >= 0.6 is 0 Å². The van der Waals surface area contributed by atoms with Gasteiger partial charge in [-0.2, -0.15) is 0 Å². The second kappa shape index (κ2) is 9.14. The number of piperidine rings is 1. The molecular weight excluding hydrogens is 356 g/mol. The molecule has 1 aromatic carbocycles. The Hall–Kier alpha value is -1.93. The molecule has 1 aliphatic rings. The van der Waals surface area contributed by atoms with Gasteiger partial charge in [0.05, 0.1) is 5.75 Å². The van der Waals surface area contributed by atoms with Gasteiger partial charge in [-0.1, -0.05) is 19.4 Å². The molecule has 1 amide bonds. The molecule has 7 nitrogen and oxygen atoms in total. The molecule has 0 bridgehead atoms. The molecular formula is C18H26N2O5S. The average molecular weight is 382 g/mol. The molecule has 144 valence electrons. The summed E-state index contributed by atoms with van der Waals surface area (Å²) in [7, 11) is -3.19. The minimum Gasteiger partial charge on any atom is -0.427 e. The van der Waals surface area contributed by atoms with Gasteiger partial charge in [0, 0.05) is 31.6 Å². The number of hydrogen-bond acceptors (Lipinski definition) is 5. The highest BCUT2D eigenvalue weighted by molar-refractivity contribution is 7.89. The number of carbonyl (C=O) groups excluding carboxylic acids is 2. The number of nitrogens with one attached hydrogen (secondary N) is 1. The number of sulfonamides is 1. The molecule has 0 unspecified atom stereocenters. The summed E-state index contributed by atoms with van der Waals surface area (Å²) < 4.78 is 30.9. The Bertz CT molecular complexity index is 740. The lowest BCUT2D eigenvalue weighted by molar-refractivity contribution is -0.131. The van der Waals surface area contributed by atoms with Crippen molar-refractivity contribution in [3.05, 3.63) is 29.8 Å². The van der Waals surface area contributed by atoms with Crippen LogP contribution in [0, 0.1) is 0 Å². The smallest absolute Gasteiger partial charge is 0.308 e. The average Bonchev–Trinajstić information content (AvgIpc) is 2.60. The number of unbranched alkanes of at least 4 members (excludes halogenated alkanes) is 1. The van der Waals surface area contributed by atoms with Gasteiger partial charge >= 0.3 is 5.97 Å². The Kier molecular flexibility index (Phi) is 7.16. The van der Waals surface area contributed by atoms with Crippen molar-refractivity contribution in [2.75, 3.05) is 18.8 Å². The van der Waals surface area contributed by atoms with E-state index in [0.29, 0.717) is 43.7 Å². The number of nitrogens with zero attached hydrogens (tertiary/aromatic N) is 1. The van der Waals surface area contributed by atoms with E-state index in [-0.39, 0.29) is 17.7 Å². The quantitative estimate of drug-likeness (QED) is 0.575. The first-order valence-corrected chi connectivity index (χ1v) is 10.5. The molecule has 0 spiro atoms. The van der Waals surface area contributed by atoms with Crippen molar-refractivity contribution in [3.8, 4) is 5.75 Å². The van der Waals surface area contributed by atoms with Crippen LogP contribution in [0.3, 0.4) is 0 Å². The van der Waals surface area contributed by atoms with Gasteiger partial charge in [0.25, 0.3) is 5.91 Å². The molecule has 2 rings (SSSR count). The van der Waals surface area contributed by atoms with E-state index in [1.165, 1.54) is 17.3 Å². The van der Waals surface area contributed by atoms with Crippen molar-refractivity contribution >= 4 is 21.9 Å². The molecule has 1 N–H and O–H groups in total. The molecule has 0 radical (unpaired) electrons. The van der Waals surface area contributed by atoms with Crippen LogP contribution in [0.2, 0.25) is 0 Å². The fraction of sp³-hybridized carbons (Fsp3) is 0.556. The highest BCUT2D eigenvalue weighted by Gasteiger charge is 2.28. The third kappa shape index (κ3) is 5.81. The summed E-state index contributed by atoms with van der Waals surface area (Å²) in [6, 6.07) is 6.35. The van der Waals surface area contributed by atoms with Crippen LogP contribution in [0.25, 0.3) is 0 Å². The van der Waals surface area contributed by atoms with E-state index in [0.717, 1.165) is 6.42 Å². The zero-order valence-electron chi connectivity index (χ0n) is 15.2. The van der Waals surface area contributed by atoms with E-state index >= 15 is 0 Å². The molecule has 1 heterocycles. The first-order valence-electron chi connectivity index (χ1n) is 8.89. The van der Waals surface area contributed by atoms with E-state index in [9.17, 15) is 18.0 Å². The topological polar surface area (TPSA) is 92.8 Å². The molecule has 0 aliphatic carbocycles. The minimum atomic E-state index is -3.19. The second-order valence-corrected chi connectivity index (χ2v) is 8.53. The fourth-order valence-electron chi connectivity index (χ4n) is 2.87. The van der Waals surface area contributed by atoms with Crippen molar-refractivity contribution in [3.63, 3.8) is 0 Å². The number of esters is 1. The summed E-state index contributed by atoms with van der Waals surface area (Å²) in [5.74, 6) is -0.198. The van der Waals surface area contributed by atoms with Gasteiger partial charge in [-0.15, -0.1) is 0 Å². The zero-order valence-corrected chi connectivity index (χ0v) is 16.0. The largest absolute Gasteiger partial charge is 0.427 e. The van der Waals surface area contributed by atoms with Crippen LogP contribution in [0.5, 0.6) is 5.75 Å².